The predicted molar refractivity (Wildman–Crippen MR) is 52.2 cm³/mol. The van der Waals surface area contributed by atoms with Gasteiger partial charge in [0.2, 0.25) is 0 Å². The van der Waals surface area contributed by atoms with Crippen molar-refractivity contribution >= 4 is 12.4 Å². The van der Waals surface area contributed by atoms with Crippen LogP contribution >= 0.6 is 0 Å². The number of likely N-dealkylation sites (tertiary alicyclic amines) is 1. The Labute approximate surface area is 83.9 Å². The third-order valence-electron chi connectivity index (χ3n) is 3.15. The average Bonchev–Trinajstić information content (AvgIpc) is 2.46. The lowest BCUT2D eigenvalue weighted by Gasteiger charge is -2.42. The van der Waals surface area contributed by atoms with E-state index in [2.05, 4.69) is 0 Å². The minimum absolute atomic E-state index is 0.344. The minimum Gasteiger partial charge on any atom is -0.465 e. The van der Waals surface area contributed by atoms with E-state index in [0.717, 1.165) is 12.7 Å². The van der Waals surface area contributed by atoms with Gasteiger partial charge in [-0.2, -0.15) is 0 Å². The monoisotopic (exact) mass is 199 g/mol. The number of amides is 1. The summed E-state index contributed by atoms with van der Waals surface area (Å²) in [6, 6.07) is 0. The second-order valence-electron chi connectivity index (χ2n) is 4.83. The van der Waals surface area contributed by atoms with Crippen LogP contribution in [0.4, 0.5) is 4.79 Å². The molecule has 0 radical (unpaired) electrons. The fraction of sp³-hybridized carbons (Fsp3) is 0.800. The van der Waals surface area contributed by atoms with Crippen molar-refractivity contribution in [2.24, 2.45) is 5.41 Å². The molecule has 1 N–H and O–H groups in total. The van der Waals surface area contributed by atoms with Crippen molar-refractivity contribution in [3.05, 3.63) is 0 Å². The van der Waals surface area contributed by atoms with Gasteiger partial charge in [0.15, 0.2) is 0 Å². The average molecular weight is 199 g/mol. The zero-order valence-corrected chi connectivity index (χ0v) is 8.91. The molecule has 0 saturated carbocycles. The van der Waals surface area contributed by atoms with Crippen molar-refractivity contribution in [2.45, 2.75) is 39.2 Å². The molecule has 1 aliphatic rings. The van der Waals surface area contributed by atoms with Crippen molar-refractivity contribution in [3.8, 4) is 0 Å². The highest BCUT2D eigenvalue weighted by molar-refractivity contribution is 5.77. The first-order valence-electron chi connectivity index (χ1n) is 4.82. The summed E-state index contributed by atoms with van der Waals surface area (Å²) in [5.74, 6) is 0. The van der Waals surface area contributed by atoms with E-state index in [0.29, 0.717) is 13.0 Å². The van der Waals surface area contributed by atoms with Crippen LogP contribution in [0, 0.1) is 5.41 Å². The lowest BCUT2D eigenvalue weighted by atomic mass is 9.73. The summed E-state index contributed by atoms with van der Waals surface area (Å²) in [5, 5.41) is 9.01. The summed E-state index contributed by atoms with van der Waals surface area (Å²) in [5.41, 5.74) is -1.18. The molecule has 0 aliphatic carbocycles. The van der Waals surface area contributed by atoms with E-state index in [9.17, 15) is 9.59 Å². The summed E-state index contributed by atoms with van der Waals surface area (Å²) in [4.78, 5) is 23.5. The largest absolute Gasteiger partial charge is 0.465 e. The molecule has 1 amide bonds. The van der Waals surface area contributed by atoms with Crippen molar-refractivity contribution in [2.75, 3.05) is 6.54 Å². The van der Waals surface area contributed by atoms with Gasteiger partial charge in [0.25, 0.3) is 0 Å². The minimum atomic E-state index is -0.996. The Kier molecular flexibility index (Phi) is 2.56. The van der Waals surface area contributed by atoms with E-state index in [4.69, 9.17) is 5.11 Å². The van der Waals surface area contributed by atoms with E-state index in [1.807, 2.05) is 20.8 Å². The van der Waals surface area contributed by atoms with Crippen LogP contribution in [-0.2, 0) is 4.79 Å². The van der Waals surface area contributed by atoms with Crippen LogP contribution in [0.5, 0.6) is 0 Å². The quantitative estimate of drug-likeness (QED) is 0.654. The molecular weight excluding hydrogens is 182 g/mol. The van der Waals surface area contributed by atoms with Crippen molar-refractivity contribution < 1.29 is 14.7 Å². The fourth-order valence-electron chi connectivity index (χ4n) is 2.19. The topological polar surface area (TPSA) is 57.6 Å². The maximum Gasteiger partial charge on any atom is 0.408 e. The zero-order chi connectivity index (χ0) is 11.0. The molecule has 0 aromatic carbocycles. The number of carbonyl (C=O) groups excluding carboxylic acids is 1. The van der Waals surface area contributed by atoms with Gasteiger partial charge in [-0.15, -0.1) is 0 Å². The van der Waals surface area contributed by atoms with Gasteiger partial charge < -0.3 is 9.90 Å². The fourth-order valence-corrected chi connectivity index (χ4v) is 2.19. The maximum atomic E-state index is 11.2. The maximum absolute atomic E-state index is 11.2. The highest BCUT2D eigenvalue weighted by Crippen LogP contribution is 2.42. The number of rotatable bonds is 1. The normalized spacial score (nSPS) is 27.8. The summed E-state index contributed by atoms with van der Waals surface area (Å²) in [6.07, 6.45) is 1.20. The molecule has 4 heteroatoms. The molecule has 1 aliphatic heterocycles. The van der Waals surface area contributed by atoms with Gasteiger partial charge >= 0.3 is 6.09 Å². The Morgan fingerprint density at radius 1 is 1.50 bits per heavy atom. The van der Waals surface area contributed by atoms with Crippen LogP contribution in [0.2, 0.25) is 0 Å². The third-order valence-corrected chi connectivity index (χ3v) is 3.15. The number of aldehydes is 1. The van der Waals surface area contributed by atoms with E-state index >= 15 is 0 Å². The Morgan fingerprint density at radius 3 is 2.36 bits per heavy atom. The molecule has 1 saturated heterocycles. The predicted octanol–water partition coefficient (Wildman–Crippen LogP) is 1.74. The van der Waals surface area contributed by atoms with Gasteiger partial charge in [-0.05, 0) is 18.3 Å². The highest BCUT2D eigenvalue weighted by Gasteiger charge is 2.51. The van der Waals surface area contributed by atoms with Crippen LogP contribution < -0.4 is 0 Å². The number of hydrogen-bond donors (Lipinski definition) is 1. The number of hydrogen-bond acceptors (Lipinski definition) is 2. The molecule has 0 bridgehead atoms. The molecule has 0 aromatic rings. The van der Waals surface area contributed by atoms with Gasteiger partial charge in [0.1, 0.15) is 11.8 Å². The SMILES string of the molecule is CC(C)(C)[C@@]1(C=O)CCCN1C(=O)O. The molecule has 80 valence electrons. The summed E-state index contributed by atoms with van der Waals surface area (Å²) < 4.78 is 0. The van der Waals surface area contributed by atoms with Gasteiger partial charge in [0.05, 0.1) is 0 Å². The van der Waals surface area contributed by atoms with E-state index in [1.54, 1.807) is 0 Å². The third kappa shape index (κ3) is 1.38. The number of carboxylic acid groups (broad SMARTS) is 1. The Morgan fingerprint density at radius 2 is 2.07 bits per heavy atom. The first-order valence-corrected chi connectivity index (χ1v) is 4.82. The van der Waals surface area contributed by atoms with Gasteiger partial charge in [-0.1, -0.05) is 20.8 Å². The summed E-state index contributed by atoms with van der Waals surface area (Å²) >= 11 is 0. The van der Waals surface area contributed by atoms with Crippen molar-refractivity contribution in [1.29, 1.82) is 0 Å². The van der Waals surface area contributed by atoms with Crippen LogP contribution in [-0.4, -0.2) is 34.5 Å². The zero-order valence-electron chi connectivity index (χ0n) is 8.91. The molecule has 1 rings (SSSR count). The summed E-state index contributed by atoms with van der Waals surface area (Å²) in [6.45, 7) is 6.18. The second kappa shape index (κ2) is 3.26. The molecule has 4 nitrogen and oxygen atoms in total. The lowest BCUT2D eigenvalue weighted by Crippen LogP contribution is -2.56. The Balaban J connectivity index is 3.10. The lowest BCUT2D eigenvalue weighted by molar-refractivity contribution is -0.122. The molecule has 1 atom stereocenters. The molecular formula is C10H17NO3. The van der Waals surface area contributed by atoms with Gasteiger partial charge in [0, 0.05) is 6.54 Å². The second-order valence-corrected chi connectivity index (χ2v) is 4.83. The van der Waals surface area contributed by atoms with Gasteiger partial charge in [-0.3, -0.25) is 4.90 Å². The molecule has 0 spiro atoms. The first-order chi connectivity index (χ1) is 6.35. The first kappa shape index (κ1) is 11.0. The van der Waals surface area contributed by atoms with E-state index < -0.39 is 11.6 Å². The van der Waals surface area contributed by atoms with Crippen molar-refractivity contribution in [3.63, 3.8) is 0 Å². The van der Waals surface area contributed by atoms with E-state index in [-0.39, 0.29) is 5.41 Å². The number of nitrogens with zero attached hydrogens (tertiary/aromatic N) is 1. The number of carbonyl (C=O) groups is 2. The standard InChI is InChI=1S/C10H17NO3/c1-9(2,3)10(7-12)5-4-6-11(10)8(13)14/h7H,4-6H2,1-3H3,(H,13,14)/t10-/m0/s1. The smallest absolute Gasteiger partial charge is 0.408 e. The highest BCUT2D eigenvalue weighted by atomic mass is 16.4. The van der Waals surface area contributed by atoms with Crippen molar-refractivity contribution in [1.82, 2.24) is 4.90 Å². The van der Waals surface area contributed by atoms with Gasteiger partial charge in [-0.25, -0.2) is 4.79 Å². The van der Waals surface area contributed by atoms with Crippen LogP contribution in [0.25, 0.3) is 0 Å². The molecule has 0 aromatic heterocycles. The van der Waals surface area contributed by atoms with Crippen LogP contribution in [0.15, 0.2) is 0 Å². The molecule has 1 fully saturated rings. The van der Waals surface area contributed by atoms with E-state index in [1.165, 1.54) is 4.90 Å². The summed E-state index contributed by atoms with van der Waals surface area (Å²) in [7, 11) is 0. The Bertz CT molecular complexity index is 257. The van der Waals surface area contributed by atoms with Crippen LogP contribution in [0.3, 0.4) is 0 Å². The molecule has 0 unspecified atom stereocenters. The molecule has 1 heterocycles. The molecule has 14 heavy (non-hydrogen) atoms. The van der Waals surface area contributed by atoms with Crippen LogP contribution in [0.1, 0.15) is 33.6 Å². The Hall–Kier alpha value is -1.06.